The fourth-order valence-corrected chi connectivity index (χ4v) is 3.37. The fourth-order valence-electron chi connectivity index (χ4n) is 3.37. The second kappa shape index (κ2) is 5.51. The third-order valence-corrected chi connectivity index (χ3v) is 4.68. The molecular weight excluding hydrogens is 353 g/mol. The molecule has 6 nitrogen and oxygen atoms in total. The van der Waals surface area contributed by atoms with Crippen LogP contribution in [0.15, 0.2) is 56.0 Å². The number of fused-ring (bicyclic) bond motifs is 3. The molecule has 2 aromatic heterocycles. The molecule has 0 bridgehead atoms. The average molecular weight is 367 g/mol. The summed E-state index contributed by atoms with van der Waals surface area (Å²) in [6.45, 7) is 2.19. The Hall–Kier alpha value is -3.48. The number of anilines is 1. The van der Waals surface area contributed by atoms with Crippen LogP contribution in [-0.2, 0) is 17.0 Å². The highest BCUT2D eigenvalue weighted by molar-refractivity contribution is 5.86. The maximum Gasteiger partial charge on any atom is 0.229 e. The molecule has 0 fully saturated rings. The Morgan fingerprint density at radius 3 is 2.63 bits per heavy atom. The van der Waals surface area contributed by atoms with Gasteiger partial charge in [0.25, 0.3) is 0 Å². The summed E-state index contributed by atoms with van der Waals surface area (Å²) < 4.78 is 37.1. The third kappa shape index (κ3) is 2.28. The van der Waals surface area contributed by atoms with Crippen molar-refractivity contribution in [3.63, 3.8) is 0 Å². The van der Waals surface area contributed by atoms with Crippen molar-refractivity contribution in [2.45, 2.75) is 19.1 Å². The zero-order valence-corrected chi connectivity index (χ0v) is 14.2. The van der Waals surface area contributed by atoms with Crippen molar-refractivity contribution in [2.75, 3.05) is 5.32 Å². The molecule has 0 radical (unpaired) electrons. The predicted molar refractivity (Wildman–Crippen MR) is 93.7 cm³/mol. The van der Waals surface area contributed by atoms with E-state index in [1.165, 1.54) is 12.1 Å². The summed E-state index contributed by atoms with van der Waals surface area (Å²) in [7, 11) is 0. The van der Waals surface area contributed by atoms with Crippen LogP contribution in [0.1, 0.15) is 22.6 Å². The van der Waals surface area contributed by atoms with E-state index in [-0.39, 0.29) is 28.9 Å². The Balaban J connectivity index is 1.60. The Morgan fingerprint density at radius 1 is 1.11 bits per heavy atom. The van der Waals surface area contributed by atoms with Gasteiger partial charge in [0, 0.05) is 23.4 Å². The predicted octanol–water partition coefficient (Wildman–Crippen LogP) is 5.06. The van der Waals surface area contributed by atoms with E-state index in [4.69, 9.17) is 18.3 Å². The van der Waals surface area contributed by atoms with Crippen LogP contribution in [0.25, 0.3) is 11.2 Å². The molecule has 1 atom stereocenters. The first-order valence-electron chi connectivity index (χ1n) is 8.37. The number of furan rings is 1. The van der Waals surface area contributed by atoms with E-state index in [0.717, 1.165) is 5.76 Å². The maximum absolute atomic E-state index is 16.0. The minimum absolute atomic E-state index is 0.0788. The number of rotatable bonds is 4. The molecule has 1 unspecified atom stereocenters. The first kappa shape index (κ1) is 15.7. The summed E-state index contributed by atoms with van der Waals surface area (Å²) in [6.07, 6.45) is 0.279. The van der Waals surface area contributed by atoms with Crippen molar-refractivity contribution in [2.24, 2.45) is 0 Å². The molecule has 0 amide bonds. The van der Waals surface area contributed by atoms with Gasteiger partial charge < -0.3 is 14.5 Å². The van der Waals surface area contributed by atoms with Gasteiger partial charge in [-0.05, 0) is 31.2 Å². The zero-order valence-electron chi connectivity index (χ0n) is 14.2. The number of hydrogen-bond acceptors (Lipinski definition) is 6. The molecule has 4 aromatic rings. The van der Waals surface area contributed by atoms with E-state index in [1.807, 2.05) is 19.1 Å². The maximum atomic E-state index is 16.0. The summed E-state index contributed by atoms with van der Waals surface area (Å²) in [5.74, 6) is 1.97. The summed E-state index contributed by atoms with van der Waals surface area (Å²) in [5, 5.41) is 3.13. The molecule has 1 aliphatic rings. The number of benzene rings is 2. The van der Waals surface area contributed by atoms with Crippen molar-refractivity contribution in [3.05, 3.63) is 65.1 Å². The lowest BCUT2D eigenvalue weighted by atomic mass is 9.84. The highest BCUT2D eigenvalue weighted by atomic mass is 19.1. The monoisotopic (exact) mass is 367 g/mol. The van der Waals surface area contributed by atoms with Gasteiger partial charge in [0.1, 0.15) is 23.0 Å². The standard InChI is InChI=1S/C20H14FNO5/c1-11-5-6-12(24-11)9-22-14-3-2-4-15-19(14)20(21,10-23)13-7-17-18(27-26-17)8-16(13)25-15/h2-8,10,22H,9H2,1H3. The number of carbonyl (C=O) groups excluding carboxylic acids is 1. The smallest absolute Gasteiger partial charge is 0.229 e. The minimum atomic E-state index is -2.39. The minimum Gasteiger partial charge on any atom is -0.465 e. The van der Waals surface area contributed by atoms with Crippen molar-refractivity contribution >= 4 is 23.1 Å². The summed E-state index contributed by atoms with van der Waals surface area (Å²) in [5.41, 5.74) is -0.943. The normalized spacial score (nSPS) is 18.0. The van der Waals surface area contributed by atoms with E-state index in [9.17, 15) is 4.79 Å². The van der Waals surface area contributed by atoms with Crippen LogP contribution >= 0.6 is 0 Å². The number of alkyl halides is 1. The van der Waals surface area contributed by atoms with Crippen LogP contribution in [0.5, 0.6) is 11.5 Å². The van der Waals surface area contributed by atoms with E-state index >= 15 is 4.39 Å². The highest BCUT2D eigenvalue weighted by Gasteiger charge is 2.45. The van der Waals surface area contributed by atoms with Crippen LogP contribution < -0.4 is 10.1 Å². The lowest BCUT2D eigenvalue weighted by molar-refractivity contribution is -0.116. The topological polar surface area (TPSA) is 77.8 Å². The quantitative estimate of drug-likeness (QED) is 0.401. The van der Waals surface area contributed by atoms with Gasteiger partial charge in [-0.3, -0.25) is 13.9 Å². The molecule has 3 heterocycles. The summed E-state index contributed by atoms with van der Waals surface area (Å²) >= 11 is 0. The molecule has 2 aromatic carbocycles. The zero-order chi connectivity index (χ0) is 18.6. The summed E-state index contributed by atoms with van der Waals surface area (Å²) in [6, 6.07) is 11.7. The van der Waals surface area contributed by atoms with Gasteiger partial charge in [0.15, 0.2) is 6.29 Å². The number of aldehydes is 1. The van der Waals surface area contributed by atoms with Gasteiger partial charge in [0.05, 0.1) is 12.1 Å². The molecule has 27 heavy (non-hydrogen) atoms. The number of carbonyl (C=O) groups is 1. The van der Waals surface area contributed by atoms with Crippen LogP contribution in [-0.4, -0.2) is 6.29 Å². The number of nitrogens with one attached hydrogen (secondary N) is 1. The second-order valence-corrected chi connectivity index (χ2v) is 6.44. The summed E-state index contributed by atoms with van der Waals surface area (Å²) in [4.78, 5) is 11.9. The number of halogens is 1. The van der Waals surface area contributed by atoms with Crippen LogP contribution in [0.3, 0.4) is 0 Å². The molecule has 0 spiro atoms. The molecule has 5 rings (SSSR count). The Bertz CT molecular complexity index is 1170. The van der Waals surface area contributed by atoms with E-state index in [0.29, 0.717) is 29.2 Å². The molecule has 1 aliphatic heterocycles. The van der Waals surface area contributed by atoms with Crippen molar-refractivity contribution in [1.82, 2.24) is 0 Å². The number of ether oxygens (including phenoxy) is 1. The second-order valence-electron chi connectivity index (χ2n) is 6.44. The van der Waals surface area contributed by atoms with Crippen molar-refractivity contribution in [3.8, 4) is 11.5 Å². The van der Waals surface area contributed by atoms with Crippen LogP contribution in [0, 0.1) is 6.92 Å². The molecule has 136 valence electrons. The van der Waals surface area contributed by atoms with Gasteiger partial charge in [-0.1, -0.05) is 6.07 Å². The van der Waals surface area contributed by atoms with Gasteiger partial charge >= 0.3 is 0 Å². The third-order valence-electron chi connectivity index (χ3n) is 4.68. The average Bonchev–Trinajstić information content (AvgIpc) is 3.07. The van der Waals surface area contributed by atoms with Gasteiger partial charge in [0.2, 0.25) is 16.8 Å². The van der Waals surface area contributed by atoms with E-state index < -0.39 is 5.67 Å². The lowest BCUT2D eigenvalue weighted by Gasteiger charge is -2.31. The Kier molecular flexibility index (Phi) is 3.21. The SMILES string of the molecule is Cc1ccc(CNc2cccc3c2C(F)(C=O)c2cc4ooc4cc2O3)o1. The van der Waals surface area contributed by atoms with E-state index in [2.05, 4.69) is 5.32 Å². The Morgan fingerprint density at radius 2 is 1.93 bits per heavy atom. The molecule has 0 saturated carbocycles. The number of hydrogen-bond donors (Lipinski definition) is 1. The largest absolute Gasteiger partial charge is 0.465 e. The van der Waals surface area contributed by atoms with Crippen LogP contribution in [0.2, 0.25) is 0 Å². The first-order valence-corrected chi connectivity index (χ1v) is 8.37. The molecule has 0 saturated heterocycles. The van der Waals surface area contributed by atoms with Crippen molar-refractivity contribution < 1.29 is 27.5 Å². The van der Waals surface area contributed by atoms with Gasteiger partial charge in [-0.25, -0.2) is 4.39 Å². The van der Waals surface area contributed by atoms with Crippen LogP contribution in [0.4, 0.5) is 10.1 Å². The molecule has 0 aliphatic carbocycles. The lowest BCUT2D eigenvalue weighted by Crippen LogP contribution is -2.29. The molecule has 7 heteroatoms. The van der Waals surface area contributed by atoms with Gasteiger partial charge in [-0.15, -0.1) is 0 Å². The fraction of sp³-hybridized carbons (Fsp3) is 0.150. The van der Waals surface area contributed by atoms with Gasteiger partial charge in [-0.2, -0.15) is 0 Å². The van der Waals surface area contributed by atoms with E-state index in [1.54, 1.807) is 18.2 Å². The molecular formula is C20H14FNO5. The Labute approximate surface area is 152 Å². The first-order chi connectivity index (χ1) is 13.1. The highest BCUT2D eigenvalue weighted by Crippen LogP contribution is 2.52. The number of aryl methyl sites for hydroxylation is 1. The van der Waals surface area contributed by atoms with Crippen molar-refractivity contribution in [1.29, 1.82) is 0 Å². The molecule has 1 N–H and O–H groups in total.